The molecule has 0 saturated carbocycles. The van der Waals surface area contributed by atoms with Gasteiger partial charge in [0.25, 0.3) is 0 Å². The molecule has 0 spiro atoms. The second kappa shape index (κ2) is 4.33. The molecule has 0 fully saturated rings. The van der Waals surface area contributed by atoms with Crippen LogP contribution in [0.25, 0.3) is 10.2 Å². The van der Waals surface area contributed by atoms with E-state index in [0.29, 0.717) is 0 Å². The van der Waals surface area contributed by atoms with Gasteiger partial charge in [-0.15, -0.1) is 22.7 Å². The molecule has 2 nitrogen and oxygen atoms in total. The van der Waals surface area contributed by atoms with E-state index in [1.54, 1.807) is 34.4 Å². The molecule has 0 aliphatic carbocycles. The fourth-order valence-corrected chi connectivity index (χ4v) is 4.25. The van der Waals surface area contributed by atoms with Crippen LogP contribution >= 0.6 is 34.4 Å². The number of fused-ring (bicyclic) bond motifs is 1. The van der Waals surface area contributed by atoms with Gasteiger partial charge in [-0.2, -0.15) is 0 Å². The Bertz CT molecular complexity index is 656. The van der Waals surface area contributed by atoms with Crippen molar-refractivity contribution in [2.45, 2.75) is 16.0 Å². The highest BCUT2D eigenvalue weighted by atomic mass is 32.2. The average molecular weight is 278 g/mol. The van der Waals surface area contributed by atoms with E-state index in [1.165, 1.54) is 4.21 Å². The molecule has 2 N–H and O–H groups in total. The molecule has 0 unspecified atom stereocenters. The highest BCUT2D eigenvalue weighted by Crippen LogP contribution is 2.37. The van der Waals surface area contributed by atoms with Crippen LogP contribution in [0.2, 0.25) is 0 Å². The standard InChI is InChI=1S/C12H10N2S3/c1-7-14-9-6-10(8(13)5-11(9)16-7)17-12-3-2-4-15-12/h2-6H,13H2,1H3. The van der Waals surface area contributed by atoms with E-state index in [0.717, 1.165) is 25.8 Å². The minimum atomic E-state index is 0.833. The van der Waals surface area contributed by atoms with Gasteiger partial charge in [0.2, 0.25) is 0 Å². The third-order valence-corrected chi connectivity index (χ3v) is 5.38. The lowest BCUT2D eigenvalue weighted by Crippen LogP contribution is -1.87. The van der Waals surface area contributed by atoms with Gasteiger partial charge in [0.15, 0.2) is 0 Å². The SMILES string of the molecule is Cc1nc2cc(Sc3cccs3)c(N)cc2s1. The maximum absolute atomic E-state index is 6.08. The first kappa shape index (κ1) is 11.1. The second-order valence-electron chi connectivity index (χ2n) is 3.62. The van der Waals surface area contributed by atoms with Crippen molar-refractivity contribution in [3.8, 4) is 0 Å². The Balaban J connectivity index is 2.06. The number of anilines is 1. The summed E-state index contributed by atoms with van der Waals surface area (Å²) in [6, 6.07) is 8.26. The summed E-state index contributed by atoms with van der Waals surface area (Å²) in [5.41, 5.74) is 7.95. The predicted molar refractivity (Wildman–Crippen MR) is 77.2 cm³/mol. The summed E-state index contributed by atoms with van der Waals surface area (Å²) < 4.78 is 2.42. The molecule has 2 heterocycles. The Morgan fingerprint density at radius 3 is 3.00 bits per heavy atom. The number of thiazole rings is 1. The fraction of sp³-hybridized carbons (Fsp3) is 0.0833. The summed E-state index contributed by atoms with van der Waals surface area (Å²) in [6.45, 7) is 2.02. The molecule has 1 aromatic carbocycles. The van der Waals surface area contributed by atoms with Crippen molar-refractivity contribution < 1.29 is 0 Å². The Morgan fingerprint density at radius 2 is 2.24 bits per heavy atom. The van der Waals surface area contributed by atoms with E-state index in [2.05, 4.69) is 28.6 Å². The molecular weight excluding hydrogens is 268 g/mol. The van der Waals surface area contributed by atoms with Gasteiger partial charge in [0.1, 0.15) is 0 Å². The van der Waals surface area contributed by atoms with Crippen LogP contribution in [-0.2, 0) is 0 Å². The topological polar surface area (TPSA) is 38.9 Å². The summed E-state index contributed by atoms with van der Waals surface area (Å²) in [5, 5.41) is 3.15. The number of hydrogen-bond acceptors (Lipinski definition) is 5. The maximum atomic E-state index is 6.08. The number of hydrogen-bond donors (Lipinski definition) is 1. The Labute approximate surface area is 111 Å². The second-order valence-corrected chi connectivity index (χ2v) is 7.15. The van der Waals surface area contributed by atoms with E-state index in [1.807, 2.05) is 13.0 Å². The predicted octanol–water partition coefficient (Wildman–Crippen LogP) is 4.40. The van der Waals surface area contributed by atoms with Crippen molar-refractivity contribution >= 4 is 50.3 Å². The normalized spacial score (nSPS) is 11.1. The smallest absolute Gasteiger partial charge is 0.0907 e. The number of rotatable bonds is 2. The third kappa shape index (κ3) is 2.18. The minimum Gasteiger partial charge on any atom is -0.398 e. The van der Waals surface area contributed by atoms with Crippen LogP contribution in [-0.4, -0.2) is 4.98 Å². The molecule has 2 aromatic heterocycles. The average Bonchev–Trinajstić information content (AvgIpc) is 2.87. The van der Waals surface area contributed by atoms with Gasteiger partial charge in [-0.25, -0.2) is 4.98 Å². The Kier molecular flexibility index (Phi) is 2.82. The molecule has 3 rings (SSSR count). The lowest BCUT2D eigenvalue weighted by molar-refractivity contribution is 1.33. The quantitative estimate of drug-likeness (QED) is 0.706. The van der Waals surface area contributed by atoms with Crippen LogP contribution in [0.3, 0.4) is 0 Å². The van der Waals surface area contributed by atoms with Crippen LogP contribution in [0.1, 0.15) is 5.01 Å². The van der Waals surface area contributed by atoms with Crippen LogP contribution < -0.4 is 5.73 Å². The molecule has 86 valence electrons. The number of aromatic nitrogens is 1. The zero-order chi connectivity index (χ0) is 11.8. The first-order valence-electron chi connectivity index (χ1n) is 5.10. The number of aryl methyl sites for hydroxylation is 1. The highest BCUT2D eigenvalue weighted by Gasteiger charge is 2.08. The number of nitrogen functional groups attached to an aromatic ring is 1. The summed E-state index contributed by atoms with van der Waals surface area (Å²) >= 11 is 5.11. The van der Waals surface area contributed by atoms with Gasteiger partial charge < -0.3 is 5.73 Å². The zero-order valence-electron chi connectivity index (χ0n) is 9.14. The van der Waals surface area contributed by atoms with Crippen molar-refractivity contribution in [3.05, 3.63) is 34.7 Å². The zero-order valence-corrected chi connectivity index (χ0v) is 11.6. The van der Waals surface area contributed by atoms with Gasteiger partial charge in [-0.3, -0.25) is 0 Å². The molecule has 0 saturated heterocycles. The van der Waals surface area contributed by atoms with Gasteiger partial charge in [0.05, 0.1) is 19.4 Å². The molecule has 0 radical (unpaired) electrons. The van der Waals surface area contributed by atoms with E-state index in [-0.39, 0.29) is 0 Å². The molecule has 0 amide bonds. The molecule has 0 aliphatic heterocycles. The number of nitrogens with zero attached hydrogens (tertiary/aromatic N) is 1. The van der Waals surface area contributed by atoms with Gasteiger partial charge in [-0.05, 0) is 30.5 Å². The van der Waals surface area contributed by atoms with Crippen LogP contribution in [0.15, 0.2) is 38.8 Å². The summed E-state index contributed by atoms with van der Waals surface area (Å²) in [4.78, 5) is 5.59. The Morgan fingerprint density at radius 1 is 1.35 bits per heavy atom. The van der Waals surface area contributed by atoms with E-state index in [9.17, 15) is 0 Å². The third-order valence-electron chi connectivity index (χ3n) is 2.33. The molecular formula is C12H10N2S3. The number of thiophene rings is 1. The van der Waals surface area contributed by atoms with Gasteiger partial charge >= 0.3 is 0 Å². The van der Waals surface area contributed by atoms with Crippen LogP contribution in [0, 0.1) is 6.92 Å². The lowest BCUT2D eigenvalue weighted by Gasteiger charge is -2.03. The van der Waals surface area contributed by atoms with Crippen molar-refractivity contribution in [1.29, 1.82) is 0 Å². The summed E-state index contributed by atoms with van der Waals surface area (Å²) in [6.07, 6.45) is 0. The van der Waals surface area contributed by atoms with Gasteiger partial charge in [-0.1, -0.05) is 17.8 Å². The Hall–Kier alpha value is -1.04. The van der Waals surface area contributed by atoms with E-state index < -0.39 is 0 Å². The fourth-order valence-electron chi connectivity index (χ4n) is 1.60. The first-order valence-corrected chi connectivity index (χ1v) is 7.61. The lowest BCUT2D eigenvalue weighted by atomic mass is 10.3. The van der Waals surface area contributed by atoms with Crippen LogP contribution in [0.5, 0.6) is 0 Å². The van der Waals surface area contributed by atoms with E-state index in [4.69, 9.17) is 5.73 Å². The molecule has 5 heteroatoms. The molecule has 0 aliphatic rings. The van der Waals surface area contributed by atoms with Gasteiger partial charge in [0, 0.05) is 10.6 Å². The van der Waals surface area contributed by atoms with Crippen molar-refractivity contribution in [2.75, 3.05) is 5.73 Å². The number of nitrogens with two attached hydrogens (primary N) is 1. The molecule has 17 heavy (non-hydrogen) atoms. The molecule has 0 bridgehead atoms. The van der Waals surface area contributed by atoms with E-state index >= 15 is 0 Å². The highest BCUT2D eigenvalue weighted by molar-refractivity contribution is 8.01. The largest absolute Gasteiger partial charge is 0.398 e. The molecule has 0 atom stereocenters. The molecule has 3 aromatic rings. The van der Waals surface area contributed by atoms with Crippen molar-refractivity contribution in [2.24, 2.45) is 0 Å². The minimum absolute atomic E-state index is 0.833. The summed E-state index contributed by atoms with van der Waals surface area (Å²) in [7, 11) is 0. The maximum Gasteiger partial charge on any atom is 0.0907 e. The van der Waals surface area contributed by atoms with Crippen LogP contribution in [0.4, 0.5) is 5.69 Å². The first-order chi connectivity index (χ1) is 8.22. The van der Waals surface area contributed by atoms with Crippen molar-refractivity contribution in [1.82, 2.24) is 4.98 Å². The number of benzene rings is 1. The monoisotopic (exact) mass is 278 g/mol. The van der Waals surface area contributed by atoms with Crippen molar-refractivity contribution in [3.63, 3.8) is 0 Å². The summed E-state index contributed by atoms with van der Waals surface area (Å²) in [5.74, 6) is 0.